The zero-order chi connectivity index (χ0) is 15.9. The first-order valence-electron chi connectivity index (χ1n) is 6.89. The molecule has 0 spiro atoms. The number of nitrogens with one attached hydrogen (secondary N) is 2. The lowest BCUT2D eigenvalue weighted by Crippen LogP contribution is -2.33. The van der Waals surface area contributed by atoms with Crippen molar-refractivity contribution in [3.8, 4) is 5.75 Å². The molecule has 1 heterocycles. The van der Waals surface area contributed by atoms with Gasteiger partial charge < -0.3 is 15.4 Å². The predicted octanol–water partition coefficient (Wildman–Crippen LogP) is 1.19. The lowest BCUT2D eigenvalue weighted by molar-refractivity contribution is -0.115. The summed E-state index contributed by atoms with van der Waals surface area (Å²) in [7, 11) is 1.72. The third-order valence-electron chi connectivity index (χ3n) is 2.80. The number of hydrogen-bond acceptors (Lipinski definition) is 4. The zero-order valence-electron chi connectivity index (χ0n) is 12.5. The minimum Gasteiger partial charge on any atom is -0.494 e. The molecule has 0 bridgehead atoms. The molecular formula is C15H18N4O3. The van der Waals surface area contributed by atoms with Crippen LogP contribution in [-0.2, 0) is 11.8 Å². The fourth-order valence-electron chi connectivity index (χ4n) is 1.79. The smallest absolute Gasteiger partial charge is 0.272 e. The maximum Gasteiger partial charge on any atom is 0.272 e. The summed E-state index contributed by atoms with van der Waals surface area (Å²) in [6, 6.07) is 8.60. The quantitative estimate of drug-likeness (QED) is 0.839. The van der Waals surface area contributed by atoms with E-state index in [4.69, 9.17) is 4.74 Å². The van der Waals surface area contributed by atoms with Crippen LogP contribution in [0.5, 0.6) is 5.75 Å². The number of rotatable bonds is 6. The van der Waals surface area contributed by atoms with Crippen LogP contribution in [0, 0.1) is 0 Å². The van der Waals surface area contributed by atoms with Gasteiger partial charge >= 0.3 is 0 Å². The van der Waals surface area contributed by atoms with Gasteiger partial charge in [0, 0.05) is 18.9 Å². The Hall–Kier alpha value is -2.83. The highest BCUT2D eigenvalue weighted by atomic mass is 16.5. The van der Waals surface area contributed by atoms with Crippen LogP contribution in [0.1, 0.15) is 17.4 Å². The van der Waals surface area contributed by atoms with Crippen molar-refractivity contribution in [3.05, 3.63) is 42.2 Å². The van der Waals surface area contributed by atoms with Gasteiger partial charge in [-0.15, -0.1) is 0 Å². The number of aromatic nitrogens is 2. The van der Waals surface area contributed by atoms with E-state index in [2.05, 4.69) is 15.7 Å². The van der Waals surface area contributed by atoms with E-state index in [1.807, 2.05) is 6.92 Å². The number of nitrogens with zero attached hydrogens (tertiary/aromatic N) is 2. The fraction of sp³-hybridized carbons (Fsp3) is 0.267. The van der Waals surface area contributed by atoms with Crippen LogP contribution in [-0.4, -0.2) is 34.7 Å². The van der Waals surface area contributed by atoms with Gasteiger partial charge in [-0.1, -0.05) is 0 Å². The second-order valence-corrected chi connectivity index (χ2v) is 4.56. The number of anilines is 1. The van der Waals surface area contributed by atoms with Crippen molar-refractivity contribution in [1.82, 2.24) is 15.1 Å². The van der Waals surface area contributed by atoms with Crippen LogP contribution in [0.3, 0.4) is 0 Å². The van der Waals surface area contributed by atoms with Gasteiger partial charge in [0.05, 0.1) is 13.2 Å². The number of carbonyl (C=O) groups excluding carboxylic acids is 2. The predicted molar refractivity (Wildman–Crippen MR) is 81.8 cm³/mol. The summed E-state index contributed by atoms with van der Waals surface area (Å²) in [5.41, 5.74) is 0.914. The lowest BCUT2D eigenvalue weighted by Gasteiger charge is -2.07. The second kappa shape index (κ2) is 7.26. The third kappa shape index (κ3) is 4.34. The monoisotopic (exact) mass is 302 g/mol. The summed E-state index contributed by atoms with van der Waals surface area (Å²) >= 11 is 0. The Kier molecular flexibility index (Phi) is 5.13. The van der Waals surface area contributed by atoms with Gasteiger partial charge in [0.1, 0.15) is 11.4 Å². The maximum atomic E-state index is 11.8. The molecule has 0 fully saturated rings. The van der Waals surface area contributed by atoms with E-state index in [0.29, 0.717) is 12.3 Å². The van der Waals surface area contributed by atoms with Crippen LogP contribution in [0.15, 0.2) is 36.5 Å². The first-order valence-corrected chi connectivity index (χ1v) is 6.89. The van der Waals surface area contributed by atoms with E-state index in [0.717, 1.165) is 5.75 Å². The Bertz CT molecular complexity index is 649. The molecule has 0 aliphatic rings. The summed E-state index contributed by atoms with van der Waals surface area (Å²) in [5, 5.41) is 9.16. The van der Waals surface area contributed by atoms with Gasteiger partial charge in [0.2, 0.25) is 5.91 Å². The number of ether oxygens (including phenoxy) is 1. The Morgan fingerprint density at radius 2 is 1.95 bits per heavy atom. The first-order chi connectivity index (χ1) is 10.6. The standard InChI is InChI=1S/C15H18N4O3/c1-3-22-12-6-4-11(5-7-12)17-14(20)10-16-15(21)13-8-9-19(2)18-13/h4-9H,3,10H2,1-2H3,(H,16,21)(H,17,20). The van der Waals surface area contributed by atoms with Gasteiger partial charge in [0.25, 0.3) is 5.91 Å². The first kappa shape index (κ1) is 15.6. The molecule has 0 saturated heterocycles. The average molecular weight is 302 g/mol. The molecule has 2 aromatic rings. The Morgan fingerprint density at radius 3 is 2.55 bits per heavy atom. The molecule has 0 aliphatic heterocycles. The Labute approximate surface area is 128 Å². The van der Waals surface area contributed by atoms with E-state index >= 15 is 0 Å². The average Bonchev–Trinajstić information content (AvgIpc) is 2.94. The molecule has 2 N–H and O–H groups in total. The summed E-state index contributed by atoms with van der Waals surface area (Å²) in [5.74, 6) is 0.0415. The number of hydrogen-bond donors (Lipinski definition) is 2. The van der Waals surface area contributed by atoms with Crippen molar-refractivity contribution < 1.29 is 14.3 Å². The van der Waals surface area contributed by atoms with Crippen molar-refractivity contribution in [3.63, 3.8) is 0 Å². The molecule has 0 radical (unpaired) electrons. The van der Waals surface area contributed by atoms with Crippen molar-refractivity contribution in [2.24, 2.45) is 7.05 Å². The molecule has 2 amide bonds. The van der Waals surface area contributed by atoms with E-state index in [9.17, 15) is 9.59 Å². The summed E-state index contributed by atoms with van der Waals surface area (Å²) < 4.78 is 6.84. The topological polar surface area (TPSA) is 85.3 Å². The number of benzene rings is 1. The summed E-state index contributed by atoms with van der Waals surface area (Å²) in [4.78, 5) is 23.5. The molecule has 2 rings (SSSR count). The van der Waals surface area contributed by atoms with Crippen LogP contribution in [0.4, 0.5) is 5.69 Å². The molecule has 0 unspecified atom stereocenters. The third-order valence-corrected chi connectivity index (χ3v) is 2.80. The molecule has 7 nitrogen and oxygen atoms in total. The number of carbonyl (C=O) groups is 2. The molecule has 116 valence electrons. The van der Waals surface area contributed by atoms with Gasteiger partial charge in [-0.25, -0.2) is 0 Å². The molecule has 0 saturated carbocycles. The molecule has 22 heavy (non-hydrogen) atoms. The van der Waals surface area contributed by atoms with Crippen molar-refractivity contribution in [1.29, 1.82) is 0 Å². The molecule has 7 heteroatoms. The van der Waals surface area contributed by atoms with E-state index < -0.39 is 0 Å². The summed E-state index contributed by atoms with van der Waals surface area (Å²) in [6.45, 7) is 2.37. The van der Waals surface area contributed by atoms with Crippen LogP contribution in [0.25, 0.3) is 0 Å². The van der Waals surface area contributed by atoms with E-state index in [-0.39, 0.29) is 24.1 Å². The highest BCUT2D eigenvalue weighted by Gasteiger charge is 2.10. The zero-order valence-corrected chi connectivity index (χ0v) is 12.5. The molecular weight excluding hydrogens is 284 g/mol. The van der Waals surface area contributed by atoms with Crippen molar-refractivity contribution in [2.75, 3.05) is 18.5 Å². The van der Waals surface area contributed by atoms with E-state index in [1.54, 1.807) is 43.6 Å². The van der Waals surface area contributed by atoms with Gasteiger partial charge in [-0.05, 0) is 37.3 Å². The molecule has 1 aromatic carbocycles. The SMILES string of the molecule is CCOc1ccc(NC(=O)CNC(=O)c2ccn(C)n2)cc1. The molecule has 0 atom stereocenters. The van der Waals surface area contributed by atoms with Gasteiger partial charge in [0.15, 0.2) is 0 Å². The summed E-state index contributed by atoms with van der Waals surface area (Å²) in [6.07, 6.45) is 1.66. The van der Waals surface area contributed by atoms with Crippen LogP contribution < -0.4 is 15.4 Å². The Balaban J connectivity index is 1.81. The highest BCUT2D eigenvalue weighted by Crippen LogP contribution is 2.15. The molecule has 0 aliphatic carbocycles. The maximum absolute atomic E-state index is 11.8. The van der Waals surface area contributed by atoms with Gasteiger partial charge in [-0.2, -0.15) is 5.10 Å². The van der Waals surface area contributed by atoms with Crippen molar-refractivity contribution in [2.45, 2.75) is 6.92 Å². The minimum absolute atomic E-state index is 0.122. The second-order valence-electron chi connectivity index (χ2n) is 4.56. The largest absolute Gasteiger partial charge is 0.494 e. The Morgan fingerprint density at radius 1 is 1.23 bits per heavy atom. The van der Waals surface area contributed by atoms with Crippen LogP contribution in [0.2, 0.25) is 0 Å². The number of aryl methyl sites for hydroxylation is 1. The lowest BCUT2D eigenvalue weighted by atomic mass is 10.3. The minimum atomic E-state index is -0.387. The van der Waals surface area contributed by atoms with E-state index in [1.165, 1.54) is 4.68 Å². The highest BCUT2D eigenvalue weighted by molar-refractivity contribution is 5.98. The van der Waals surface area contributed by atoms with Gasteiger partial charge in [-0.3, -0.25) is 14.3 Å². The van der Waals surface area contributed by atoms with Crippen LogP contribution >= 0.6 is 0 Å². The van der Waals surface area contributed by atoms with Crippen molar-refractivity contribution >= 4 is 17.5 Å². The normalized spacial score (nSPS) is 10.1. The number of amides is 2. The fourth-order valence-corrected chi connectivity index (χ4v) is 1.79. The molecule has 1 aromatic heterocycles.